The molecule has 0 spiro atoms. The molecule has 0 unspecified atom stereocenters. The number of aliphatic hydroxyl groups excluding tert-OH is 2. The first-order chi connectivity index (χ1) is 21.4. The number of carbonyl (C=O) groups excluding carboxylic acids is 1. The highest BCUT2D eigenvalue weighted by atomic mass is 16.3. The summed E-state index contributed by atoms with van der Waals surface area (Å²) in [5, 5.41) is 26.1. The number of benzene rings is 2. The van der Waals surface area contributed by atoms with Gasteiger partial charge in [0.1, 0.15) is 6.10 Å². The van der Waals surface area contributed by atoms with Gasteiger partial charge in [0.2, 0.25) is 11.9 Å². The van der Waals surface area contributed by atoms with E-state index < -0.39 is 35.5 Å². The van der Waals surface area contributed by atoms with Gasteiger partial charge in [-0.05, 0) is 36.8 Å². The lowest BCUT2D eigenvalue weighted by molar-refractivity contribution is -0.142. The third kappa shape index (κ3) is 4.89. The van der Waals surface area contributed by atoms with E-state index in [1.165, 1.54) is 11.1 Å². The Labute approximate surface area is 256 Å². The fourth-order valence-electron chi connectivity index (χ4n) is 7.57. The van der Waals surface area contributed by atoms with Gasteiger partial charge < -0.3 is 36.5 Å². The molecule has 3 fully saturated rings. The quantitative estimate of drug-likeness (QED) is 0.195. The number of carbonyl (C=O) groups is 1. The zero-order valence-corrected chi connectivity index (χ0v) is 24.7. The number of anilines is 2. The lowest BCUT2D eigenvalue weighted by Gasteiger charge is -2.45. The first-order valence-corrected chi connectivity index (χ1v) is 15.6. The molecule has 1 amide bonds. The minimum absolute atomic E-state index is 0.0381. The number of amides is 1. The van der Waals surface area contributed by atoms with E-state index in [9.17, 15) is 15.0 Å². The molecule has 3 heterocycles. The minimum Gasteiger partial charge on any atom is -0.390 e. The monoisotopic (exact) mass is 596 g/mol. The molecule has 44 heavy (non-hydrogen) atoms. The molecule has 2 saturated carbocycles. The maximum Gasteiger partial charge on any atom is 0.229 e. The summed E-state index contributed by atoms with van der Waals surface area (Å²) in [7, 11) is 0. The summed E-state index contributed by atoms with van der Waals surface area (Å²) in [6.45, 7) is 1.95. The second kappa shape index (κ2) is 11.5. The van der Waals surface area contributed by atoms with Crippen LogP contribution in [0.1, 0.15) is 55.2 Å². The van der Waals surface area contributed by atoms with Crippen molar-refractivity contribution in [1.29, 1.82) is 0 Å². The molecule has 2 aromatic heterocycles. The van der Waals surface area contributed by atoms with Crippen molar-refractivity contribution in [2.75, 3.05) is 29.9 Å². The molecule has 5 atom stereocenters. The van der Waals surface area contributed by atoms with Gasteiger partial charge in [-0.2, -0.15) is 9.97 Å². The van der Waals surface area contributed by atoms with E-state index in [1.54, 1.807) is 6.33 Å². The van der Waals surface area contributed by atoms with Gasteiger partial charge in [0.05, 0.1) is 23.9 Å². The number of fused-ring (bicyclic) bond motifs is 1. The average Bonchev–Trinajstić information content (AvgIpc) is 3.71. The summed E-state index contributed by atoms with van der Waals surface area (Å²) < 4.78 is 1.84. The molecule has 4 aromatic rings. The minimum atomic E-state index is -1.09. The van der Waals surface area contributed by atoms with Crippen LogP contribution < -0.4 is 21.7 Å². The Balaban J connectivity index is 1.25. The van der Waals surface area contributed by atoms with Gasteiger partial charge in [0.15, 0.2) is 17.0 Å². The van der Waals surface area contributed by atoms with Crippen molar-refractivity contribution in [3.63, 3.8) is 0 Å². The lowest BCUT2D eigenvalue weighted by atomic mass is 9.59. The Hall–Kier alpha value is -4.06. The fraction of sp³-hybridized carbons (Fsp3) is 0.455. The molecule has 230 valence electrons. The maximum absolute atomic E-state index is 12.5. The van der Waals surface area contributed by atoms with Gasteiger partial charge in [0, 0.05) is 37.5 Å². The van der Waals surface area contributed by atoms with Crippen LogP contribution >= 0.6 is 0 Å². The summed E-state index contributed by atoms with van der Waals surface area (Å²) in [6.07, 6.45) is 2.90. The molecular formula is C33H40N8O3. The standard InChI is InChI=1S/C33H40N8O3/c34-22-12-15-40(18-22)32-38-29(36-17-23(20-8-3-1-4-9-20)21-10-5-2-6-11-21)26-30(39-32)41(19-37-26)25-16-24(27(42)28(25)43)33(31(35)44)13-7-14-33/h1-6,8-11,19,22-25,27-28,42-43H,7,12-18,34H2,(H2,35,44)(H,36,38,39)/t22-,24-,25-,27-,28+/m1/s1. The summed E-state index contributed by atoms with van der Waals surface area (Å²) in [6, 6.07) is 20.3. The van der Waals surface area contributed by atoms with Crippen molar-refractivity contribution in [1.82, 2.24) is 19.5 Å². The van der Waals surface area contributed by atoms with Crippen molar-refractivity contribution >= 4 is 28.8 Å². The number of nitrogens with two attached hydrogens (primary N) is 2. The number of hydrogen-bond acceptors (Lipinski definition) is 9. The zero-order chi connectivity index (χ0) is 30.4. The van der Waals surface area contributed by atoms with E-state index in [-0.39, 0.29) is 12.0 Å². The van der Waals surface area contributed by atoms with E-state index in [0.29, 0.717) is 55.3 Å². The largest absolute Gasteiger partial charge is 0.390 e. The van der Waals surface area contributed by atoms with E-state index in [1.807, 2.05) is 41.0 Å². The van der Waals surface area contributed by atoms with E-state index >= 15 is 0 Å². The zero-order valence-electron chi connectivity index (χ0n) is 24.7. The van der Waals surface area contributed by atoms with Gasteiger partial charge in [-0.15, -0.1) is 0 Å². The Bertz CT molecular complexity index is 1590. The topological polar surface area (TPSA) is 168 Å². The number of nitrogens with zero attached hydrogens (tertiary/aromatic N) is 5. The van der Waals surface area contributed by atoms with Crippen LogP contribution in [0.3, 0.4) is 0 Å². The molecule has 7 rings (SSSR count). The van der Waals surface area contributed by atoms with Crippen LogP contribution in [-0.4, -0.2) is 73.5 Å². The molecule has 2 aromatic carbocycles. The predicted molar refractivity (Wildman–Crippen MR) is 168 cm³/mol. The summed E-state index contributed by atoms with van der Waals surface area (Å²) in [4.78, 5) is 29.2. The molecular weight excluding hydrogens is 556 g/mol. The molecule has 1 aliphatic heterocycles. The van der Waals surface area contributed by atoms with Gasteiger partial charge in [-0.25, -0.2) is 4.98 Å². The number of aromatic nitrogens is 4. The number of aliphatic hydroxyl groups is 2. The highest BCUT2D eigenvalue weighted by Crippen LogP contribution is 2.55. The second-order valence-electron chi connectivity index (χ2n) is 12.7. The predicted octanol–water partition coefficient (Wildman–Crippen LogP) is 2.55. The molecule has 0 bridgehead atoms. The molecule has 11 heteroatoms. The Kier molecular flexibility index (Phi) is 7.47. The normalized spacial score (nSPS) is 26.3. The number of primary amides is 1. The van der Waals surface area contributed by atoms with Crippen LogP contribution in [0.25, 0.3) is 11.2 Å². The van der Waals surface area contributed by atoms with Crippen molar-refractivity contribution < 1.29 is 15.0 Å². The van der Waals surface area contributed by atoms with Gasteiger partial charge in [0.25, 0.3) is 0 Å². The summed E-state index contributed by atoms with van der Waals surface area (Å²) >= 11 is 0. The van der Waals surface area contributed by atoms with Gasteiger partial charge in [-0.1, -0.05) is 67.1 Å². The van der Waals surface area contributed by atoms with Crippen LogP contribution in [0, 0.1) is 11.3 Å². The molecule has 3 aliphatic rings. The van der Waals surface area contributed by atoms with Crippen molar-refractivity contribution in [2.24, 2.45) is 22.8 Å². The number of nitrogens with one attached hydrogen (secondary N) is 1. The average molecular weight is 597 g/mol. The fourth-order valence-corrected chi connectivity index (χ4v) is 7.57. The SMILES string of the molecule is NC(=O)C1([C@@H]2C[C@@H](n3cnc4c(NCC(c5ccccc5)c5ccccc5)nc(N5CC[C@@H](N)C5)nc43)[C@H](O)[C@@H]2O)CCC1. The molecule has 2 aliphatic carbocycles. The highest BCUT2D eigenvalue weighted by molar-refractivity contribution is 5.85. The number of hydrogen-bond donors (Lipinski definition) is 5. The third-order valence-electron chi connectivity index (χ3n) is 10.3. The van der Waals surface area contributed by atoms with E-state index in [2.05, 4.69) is 34.5 Å². The van der Waals surface area contributed by atoms with Crippen LogP contribution in [0.4, 0.5) is 11.8 Å². The first kappa shape index (κ1) is 28.7. The van der Waals surface area contributed by atoms with Crippen LogP contribution in [0.15, 0.2) is 67.0 Å². The maximum atomic E-state index is 12.5. The highest BCUT2D eigenvalue weighted by Gasteiger charge is 2.58. The molecule has 7 N–H and O–H groups in total. The smallest absolute Gasteiger partial charge is 0.229 e. The third-order valence-corrected chi connectivity index (χ3v) is 10.3. The Morgan fingerprint density at radius 2 is 1.70 bits per heavy atom. The lowest BCUT2D eigenvalue weighted by Crippen LogP contribution is -2.51. The van der Waals surface area contributed by atoms with E-state index in [0.717, 1.165) is 19.4 Å². The van der Waals surface area contributed by atoms with Crippen molar-refractivity contribution in [3.8, 4) is 0 Å². The summed E-state index contributed by atoms with van der Waals surface area (Å²) in [5.41, 5.74) is 14.8. The number of imidazole rings is 1. The Morgan fingerprint density at radius 3 is 2.27 bits per heavy atom. The van der Waals surface area contributed by atoms with E-state index in [4.69, 9.17) is 26.4 Å². The first-order valence-electron chi connectivity index (χ1n) is 15.6. The summed E-state index contributed by atoms with van der Waals surface area (Å²) in [5.74, 6) is 0.373. The van der Waals surface area contributed by atoms with Crippen LogP contribution in [0.2, 0.25) is 0 Å². The van der Waals surface area contributed by atoms with Crippen LogP contribution in [0.5, 0.6) is 0 Å². The second-order valence-corrected chi connectivity index (χ2v) is 12.7. The van der Waals surface area contributed by atoms with Gasteiger partial charge >= 0.3 is 0 Å². The van der Waals surface area contributed by atoms with Crippen molar-refractivity contribution in [3.05, 3.63) is 78.1 Å². The molecule has 1 saturated heterocycles. The Morgan fingerprint density at radius 1 is 1.02 bits per heavy atom. The van der Waals surface area contributed by atoms with Gasteiger partial charge in [-0.3, -0.25) is 4.79 Å². The number of rotatable bonds is 9. The van der Waals surface area contributed by atoms with Crippen LogP contribution in [-0.2, 0) is 4.79 Å². The molecule has 11 nitrogen and oxygen atoms in total. The van der Waals surface area contributed by atoms with Crippen molar-refractivity contribution in [2.45, 2.75) is 62.3 Å². The molecule has 0 radical (unpaired) electrons.